The molecule has 0 aromatic heterocycles. The molecule has 2 aliphatic rings. The predicted octanol–water partition coefficient (Wildman–Crippen LogP) is 2.65. The molecule has 2 rings (SSSR count). The SMILES string of the molecule is CC(C)C1N(C(C)C)CCC12CC2C#N. The Labute approximate surface area is 93.3 Å². The lowest BCUT2D eigenvalue weighted by molar-refractivity contribution is 0.130. The molecule has 3 unspecified atom stereocenters. The number of hydrogen-bond donors (Lipinski definition) is 0. The molecule has 0 amide bonds. The zero-order valence-corrected chi connectivity index (χ0v) is 10.3. The highest BCUT2D eigenvalue weighted by atomic mass is 15.2. The van der Waals surface area contributed by atoms with Crippen LogP contribution in [-0.4, -0.2) is 23.5 Å². The lowest BCUT2D eigenvalue weighted by Gasteiger charge is -2.34. The summed E-state index contributed by atoms with van der Waals surface area (Å²) in [7, 11) is 0. The molecule has 1 aliphatic heterocycles. The molecule has 84 valence electrons. The van der Waals surface area contributed by atoms with Gasteiger partial charge in [-0.05, 0) is 39.2 Å². The fraction of sp³-hybridized carbons (Fsp3) is 0.923. The molecule has 0 N–H and O–H groups in total. The van der Waals surface area contributed by atoms with Crippen LogP contribution in [0.2, 0.25) is 0 Å². The zero-order chi connectivity index (χ0) is 11.2. The van der Waals surface area contributed by atoms with E-state index >= 15 is 0 Å². The first-order valence-corrected chi connectivity index (χ1v) is 6.18. The second-order valence-corrected chi connectivity index (χ2v) is 5.89. The molecule has 1 heterocycles. The monoisotopic (exact) mass is 206 g/mol. The Kier molecular flexibility index (Phi) is 2.55. The third-order valence-corrected chi connectivity index (χ3v) is 4.35. The fourth-order valence-corrected chi connectivity index (χ4v) is 3.68. The van der Waals surface area contributed by atoms with Crippen molar-refractivity contribution in [2.45, 2.75) is 52.6 Å². The van der Waals surface area contributed by atoms with Crippen molar-refractivity contribution in [3.63, 3.8) is 0 Å². The number of nitriles is 1. The molecule has 15 heavy (non-hydrogen) atoms. The van der Waals surface area contributed by atoms with Gasteiger partial charge in [0, 0.05) is 17.5 Å². The van der Waals surface area contributed by atoms with E-state index < -0.39 is 0 Å². The molecular weight excluding hydrogens is 184 g/mol. The van der Waals surface area contributed by atoms with Crippen molar-refractivity contribution < 1.29 is 0 Å². The molecule has 0 aromatic rings. The molecule has 1 aliphatic carbocycles. The van der Waals surface area contributed by atoms with Crippen molar-refractivity contribution in [2.24, 2.45) is 17.3 Å². The summed E-state index contributed by atoms with van der Waals surface area (Å²) in [6, 6.07) is 3.75. The van der Waals surface area contributed by atoms with Gasteiger partial charge in [-0.3, -0.25) is 4.90 Å². The molecule has 0 aromatic carbocycles. The highest BCUT2D eigenvalue weighted by molar-refractivity contribution is 5.21. The standard InChI is InChI=1S/C13H22N2/c1-9(2)12-13(7-11(13)8-14)5-6-15(12)10(3)4/h9-12H,5-7H2,1-4H3. The van der Waals surface area contributed by atoms with E-state index in [2.05, 4.69) is 38.7 Å². The van der Waals surface area contributed by atoms with E-state index in [0.29, 0.717) is 29.3 Å². The van der Waals surface area contributed by atoms with Crippen LogP contribution in [0.4, 0.5) is 0 Å². The van der Waals surface area contributed by atoms with E-state index in [1.165, 1.54) is 13.0 Å². The lowest BCUT2D eigenvalue weighted by atomic mass is 9.86. The quantitative estimate of drug-likeness (QED) is 0.694. The van der Waals surface area contributed by atoms with E-state index in [0.717, 1.165) is 6.42 Å². The van der Waals surface area contributed by atoms with Gasteiger partial charge in [0.25, 0.3) is 0 Å². The largest absolute Gasteiger partial charge is 0.297 e. The molecule has 1 saturated carbocycles. The second-order valence-electron chi connectivity index (χ2n) is 5.89. The van der Waals surface area contributed by atoms with Gasteiger partial charge in [-0.25, -0.2) is 0 Å². The van der Waals surface area contributed by atoms with Gasteiger partial charge in [0.05, 0.1) is 12.0 Å². The summed E-state index contributed by atoms with van der Waals surface area (Å²) in [4.78, 5) is 2.61. The Hall–Kier alpha value is -0.550. The fourth-order valence-electron chi connectivity index (χ4n) is 3.68. The average Bonchev–Trinajstić information content (AvgIpc) is 2.68. The van der Waals surface area contributed by atoms with Gasteiger partial charge in [-0.2, -0.15) is 5.26 Å². The van der Waals surface area contributed by atoms with E-state index in [4.69, 9.17) is 5.26 Å². The van der Waals surface area contributed by atoms with Crippen molar-refractivity contribution >= 4 is 0 Å². The first-order chi connectivity index (χ1) is 7.03. The Morgan fingerprint density at radius 1 is 1.33 bits per heavy atom. The van der Waals surface area contributed by atoms with Crippen molar-refractivity contribution in [2.75, 3.05) is 6.54 Å². The van der Waals surface area contributed by atoms with Gasteiger partial charge in [-0.15, -0.1) is 0 Å². The Balaban J connectivity index is 2.20. The molecule has 0 radical (unpaired) electrons. The zero-order valence-electron chi connectivity index (χ0n) is 10.3. The normalized spacial score (nSPS) is 40.3. The van der Waals surface area contributed by atoms with Gasteiger partial charge >= 0.3 is 0 Å². The van der Waals surface area contributed by atoms with Crippen LogP contribution in [0.5, 0.6) is 0 Å². The number of nitrogens with zero attached hydrogens (tertiary/aromatic N) is 2. The summed E-state index contributed by atoms with van der Waals surface area (Å²) in [5, 5.41) is 9.09. The third-order valence-electron chi connectivity index (χ3n) is 4.35. The van der Waals surface area contributed by atoms with E-state index in [1.54, 1.807) is 0 Å². The van der Waals surface area contributed by atoms with Crippen LogP contribution in [0.25, 0.3) is 0 Å². The van der Waals surface area contributed by atoms with E-state index in [-0.39, 0.29) is 0 Å². The molecule has 2 heteroatoms. The summed E-state index contributed by atoms with van der Waals surface area (Å²) in [6.45, 7) is 10.4. The summed E-state index contributed by atoms with van der Waals surface area (Å²) < 4.78 is 0. The summed E-state index contributed by atoms with van der Waals surface area (Å²) in [5.41, 5.74) is 0.368. The van der Waals surface area contributed by atoms with Crippen LogP contribution >= 0.6 is 0 Å². The Morgan fingerprint density at radius 3 is 2.40 bits per heavy atom. The van der Waals surface area contributed by atoms with Crippen LogP contribution in [0.15, 0.2) is 0 Å². The molecule has 2 nitrogen and oxygen atoms in total. The third kappa shape index (κ3) is 1.49. The number of rotatable bonds is 2. The smallest absolute Gasteiger partial charge is 0.0662 e. The minimum absolute atomic E-state index is 0.341. The van der Waals surface area contributed by atoms with Crippen LogP contribution in [0.3, 0.4) is 0 Å². The minimum Gasteiger partial charge on any atom is -0.297 e. The second kappa shape index (κ2) is 3.49. The molecule has 1 saturated heterocycles. The Bertz CT molecular complexity index is 289. The summed E-state index contributed by atoms with van der Waals surface area (Å²) >= 11 is 0. The highest BCUT2D eigenvalue weighted by Gasteiger charge is 2.64. The lowest BCUT2D eigenvalue weighted by Crippen LogP contribution is -2.42. The molecule has 3 atom stereocenters. The van der Waals surface area contributed by atoms with Gasteiger partial charge in [0.1, 0.15) is 0 Å². The van der Waals surface area contributed by atoms with Gasteiger partial charge in [0.15, 0.2) is 0 Å². The predicted molar refractivity (Wildman–Crippen MR) is 61.2 cm³/mol. The number of likely N-dealkylation sites (tertiary alicyclic amines) is 1. The molecule has 2 fully saturated rings. The van der Waals surface area contributed by atoms with Gasteiger partial charge < -0.3 is 0 Å². The number of hydrogen-bond acceptors (Lipinski definition) is 2. The first-order valence-electron chi connectivity index (χ1n) is 6.18. The maximum atomic E-state index is 9.09. The van der Waals surface area contributed by atoms with Gasteiger partial charge in [-0.1, -0.05) is 13.8 Å². The molecule has 0 bridgehead atoms. The maximum absolute atomic E-state index is 9.09. The van der Waals surface area contributed by atoms with Crippen LogP contribution in [0, 0.1) is 28.6 Å². The van der Waals surface area contributed by atoms with Crippen LogP contribution in [-0.2, 0) is 0 Å². The minimum atomic E-state index is 0.341. The van der Waals surface area contributed by atoms with Crippen molar-refractivity contribution in [3.05, 3.63) is 0 Å². The molecular formula is C13H22N2. The van der Waals surface area contributed by atoms with Crippen LogP contribution in [0.1, 0.15) is 40.5 Å². The van der Waals surface area contributed by atoms with Crippen molar-refractivity contribution in [1.82, 2.24) is 4.90 Å². The molecule has 1 spiro atoms. The van der Waals surface area contributed by atoms with E-state index in [9.17, 15) is 0 Å². The van der Waals surface area contributed by atoms with Crippen molar-refractivity contribution in [3.8, 4) is 6.07 Å². The highest BCUT2D eigenvalue weighted by Crippen LogP contribution is 2.63. The van der Waals surface area contributed by atoms with Crippen LogP contribution < -0.4 is 0 Å². The summed E-state index contributed by atoms with van der Waals surface area (Å²) in [5.74, 6) is 1.02. The summed E-state index contributed by atoms with van der Waals surface area (Å²) in [6.07, 6.45) is 2.39. The first kappa shape index (κ1) is 11.0. The topological polar surface area (TPSA) is 27.0 Å². The maximum Gasteiger partial charge on any atom is 0.0662 e. The van der Waals surface area contributed by atoms with E-state index in [1.807, 2.05) is 0 Å². The average molecular weight is 206 g/mol. The van der Waals surface area contributed by atoms with Gasteiger partial charge in [0.2, 0.25) is 0 Å². The Morgan fingerprint density at radius 2 is 2.00 bits per heavy atom. The van der Waals surface area contributed by atoms with Crippen molar-refractivity contribution in [1.29, 1.82) is 5.26 Å².